The van der Waals surface area contributed by atoms with Crippen LogP contribution in [-0.2, 0) is 24.1 Å². The highest BCUT2D eigenvalue weighted by molar-refractivity contribution is 5.78. The summed E-state index contributed by atoms with van der Waals surface area (Å²) in [6.45, 7) is 0.388. The molecular formula is C21H21NO. The Morgan fingerprint density at radius 1 is 1.00 bits per heavy atom. The molecule has 0 radical (unpaired) electrons. The van der Waals surface area contributed by atoms with Gasteiger partial charge in [-0.1, -0.05) is 48.2 Å². The Bertz CT molecular complexity index is 737. The highest BCUT2D eigenvalue weighted by Gasteiger charge is 2.10. The van der Waals surface area contributed by atoms with E-state index in [4.69, 9.17) is 0 Å². The molecule has 0 aliphatic heterocycles. The molecule has 23 heavy (non-hydrogen) atoms. The summed E-state index contributed by atoms with van der Waals surface area (Å²) < 4.78 is 0. The molecule has 0 saturated carbocycles. The van der Waals surface area contributed by atoms with E-state index in [9.17, 15) is 4.79 Å². The van der Waals surface area contributed by atoms with Gasteiger partial charge in [0, 0.05) is 5.56 Å². The van der Waals surface area contributed by atoms with Crippen LogP contribution in [0.5, 0.6) is 0 Å². The number of hydrogen-bond donors (Lipinski definition) is 1. The Morgan fingerprint density at radius 2 is 1.78 bits per heavy atom. The number of benzene rings is 2. The van der Waals surface area contributed by atoms with Crippen LogP contribution < -0.4 is 5.32 Å². The van der Waals surface area contributed by atoms with Crippen LogP contribution in [0, 0.1) is 11.8 Å². The van der Waals surface area contributed by atoms with Gasteiger partial charge in [-0.25, -0.2) is 0 Å². The minimum absolute atomic E-state index is 0.0307. The van der Waals surface area contributed by atoms with Crippen LogP contribution >= 0.6 is 0 Å². The number of fused-ring (bicyclic) bond motifs is 1. The molecule has 1 aliphatic rings. The van der Waals surface area contributed by atoms with E-state index >= 15 is 0 Å². The molecule has 116 valence electrons. The number of carbonyl (C=O) groups excluding carboxylic acids is 1. The summed E-state index contributed by atoms with van der Waals surface area (Å²) in [7, 11) is 0. The van der Waals surface area contributed by atoms with E-state index in [-0.39, 0.29) is 5.91 Å². The molecule has 0 aromatic heterocycles. The third-order valence-electron chi connectivity index (χ3n) is 4.16. The first-order valence-corrected chi connectivity index (χ1v) is 8.22. The summed E-state index contributed by atoms with van der Waals surface area (Å²) in [4.78, 5) is 12.0. The van der Waals surface area contributed by atoms with Gasteiger partial charge in [-0.3, -0.25) is 4.79 Å². The number of rotatable bonds is 3. The van der Waals surface area contributed by atoms with Gasteiger partial charge in [0.25, 0.3) is 0 Å². The zero-order valence-corrected chi connectivity index (χ0v) is 13.3. The lowest BCUT2D eigenvalue weighted by molar-refractivity contribution is -0.120. The topological polar surface area (TPSA) is 29.1 Å². The van der Waals surface area contributed by atoms with Crippen LogP contribution in [0.15, 0.2) is 48.5 Å². The fourth-order valence-electron chi connectivity index (χ4n) is 2.96. The van der Waals surface area contributed by atoms with Crippen molar-refractivity contribution < 1.29 is 4.79 Å². The van der Waals surface area contributed by atoms with Gasteiger partial charge in [-0.05, 0) is 54.5 Å². The molecule has 0 saturated heterocycles. The van der Waals surface area contributed by atoms with Crippen LogP contribution in [0.1, 0.15) is 35.1 Å². The first kappa shape index (κ1) is 15.4. The van der Waals surface area contributed by atoms with E-state index in [0.717, 1.165) is 17.5 Å². The van der Waals surface area contributed by atoms with Crippen molar-refractivity contribution in [3.63, 3.8) is 0 Å². The molecule has 1 amide bonds. The Balaban J connectivity index is 1.51. The lowest BCUT2D eigenvalue weighted by Gasteiger charge is -2.16. The molecule has 0 bridgehead atoms. The largest absolute Gasteiger partial charge is 0.345 e. The second-order valence-electron chi connectivity index (χ2n) is 5.93. The second kappa shape index (κ2) is 7.65. The number of aryl methyl sites for hydroxylation is 2. The van der Waals surface area contributed by atoms with Gasteiger partial charge >= 0.3 is 0 Å². The minimum Gasteiger partial charge on any atom is -0.345 e. The van der Waals surface area contributed by atoms with E-state index in [1.54, 1.807) is 0 Å². The first-order chi connectivity index (χ1) is 11.3. The summed E-state index contributed by atoms with van der Waals surface area (Å²) in [5, 5.41) is 2.87. The normalized spacial score (nSPS) is 12.7. The second-order valence-corrected chi connectivity index (χ2v) is 5.93. The van der Waals surface area contributed by atoms with Gasteiger partial charge in [-0.15, -0.1) is 0 Å². The Kier molecular flexibility index (Phi) is 5.11. The number of carbonyl (C=O) groups is 1. The first-order valence-electron chi connectivity index (χ1n) is 8.22. The molecule has 0 spiro atoms. The van der Waals surface area contributed by atoms with Crippen molar-refractivity contribution >= 4 is 5.91 Å². The maximum atomic E-state index is 12.0. The minimum atomic E-state index is 0.0307. The molecule has 0 atom stereocenters. The quantitative estimate of drug-likeness (QED) is 0.866. The standard InChI is InChI=1S/C21H21NO/c23-21(22-14-6-9-17-7-2-1-3-8-17)16-18-12-13-19-10-4-5-11-20(19)15-18/h1-3,7-8,12-13,15H,4-5,10-11,14,16H2,(H,22,23). The lowest BCUT2D eigenvalue weighted by atomic mass is 9.90. The average Bonchev–Trinajstić information content (AvgIpc) is 2.59. The summed E-state index contributed by atoms with van der Waals surface area (Å²) in [5.41, 5.74) is 4.94. The molecule has 2 aromatic carbocycles. The summed E-state index contributed by atoms with van der Waals surface area (Å²) in [5.74, 6) is 6.06. The highest BCUT2D eigenvalue weighted by atomic mass is 16.1. The van der Waals surface area contributed by atoms with Gasteiger partial charge in [0.05, 0.1) is 13.0 Å². The smallest absolute Gasteiger partial charge is 0.225 e. The highest BCUT2D eigenvalue weighted by Crippen LogP contribution is 2.22. The molecule has 1 N–H and O–H groups in total. The van der Waals surface area contributed by atoms with Crippen molar-refractivity contribution in [3.05, 3.63) is 70.8 Å². The van der Waals surface area contributed by atoms with E-state index in [1.807, 2.05) is 30.3 Å². The molecule has 2 heteroatoms. The van der Waals surface area contributed by atoms with Crippen LogP contribution in [0.25, 0.3) is 0 Å². The molecule has 1 aliphatic carbocycles. The van der Waals surface area contributed by atoms with Crippen LogP contribution in [0.3, 0.4) is 0 Å². The zero-order chi connectivity index (χ0) is 15.9. The van der Waals surface area contributed by atoms with E-state index < -0.39 is 0 Å². The predicted molar refractivity (Wildman–Crippen MR) is 93.1 cm³/mol. The molecule has 2 aromatic rings. The monoisotopic (exact) mass is 303 g/mol. The lowest BCUT2D eigenvalue weighted by Crippen LogP contribution is -2.25. The fourth-order valence-corrected chi connectivity index (χ4v) is 2.96. The Labute approximate surface area is 137 Å². The van der Waals surface area contributed by atoms with Gasteiger partial charge in [0.15, 0.2) is 0 Å². The molecule has 0 unspecified atom stereocenters. The fraction of sp³-hybridized carbons (Fsp3) is 0.286. The van der Waals surface area contributed by atoms with E-state index in [2.05, 4.69) is 35.4 Å². The summed E-state index contributed by atoms with van der Waals surface area (Å²) in [6.07, 6.45) is 5.30. The van der Waals surface area contributed by atoms with E-state index in [1.165, 1.54) is 30.4 Å². The van der Waals surface area contributed by atoms with Gasteiger partial charge < -0.3 is 5.32 Å². The van der Waals surface area contributed by atoms with E-state index in [0.29, 0.717) is 13.0 Å². The van der Waals surface area contributed by atoms with Crippen molar-refractivity contribution in [2.24, 2.45) is 0 Å². The Hall–Kier alpha value is -2.53. The number of hydrogen-bond acceptors (Lipinski definition) is 1. The molecule has 0 fully saturated rings. The summed E-state index contributed by atoms with van der Waals surface area (Å²) in [6, 6.07) is 16.3. The van der Waals surface area contributed by atoms with Crippen molar-refractivity contribution in [1.29, 1.82) is 0 Å². The molecule has 3 rings (SSSR count). The third kappa shape index (κ3) is 4.47. The van der Waals surface area contributed by atoms with Gasteiger partial charge in [0.2, 0.25) is 5.91 Å². The van der Waals surface area contributed by atoms with Crippen LogP contribution in [0.4, 0.5) is 0 Å². The third-order valence-corrected chi connectivity index (χ3v) is 4.16. The molecular weight excluding hydrogens is 282 g/mol. The summed E-state index contributed by atoms with van der Waals surface area (Å²) >= 11 is 0. The number of amides is 1. The SMILES string of the molecule is O=C(Cc1ccc2c(c1)CCCC2)NCC#Cc1ccccc1. The van der Waals surface area contributed by atoms with Crippen LogP contribution in [-0.4, -0.2) is 12.5 Å². The van der Waals surface area contributed by atoms with Crippen molar-refractivity contribution in [3.8, 4) is 11.8 Å². The van der Waals surface area contributed by atoms with Crippen LogP contribution in [0.2, 0.25) is 0 Å². The maximum absolute atomic E-state index is 12.0. The van der Waals surface area contributed by atoms with Crippen molar-refractivity contribution in [2.75, 3.05) is 6.54 Å². The molecule has 2 nitrogen and oxygen atoms in total. The van der Waals surface area contributed by atoms with Gasteiger partial charge in [0.1, 0.15) is 0 Å². The maximum Gasteiger partial charge on any atom is 0.225 e. The van der Waals surface area contributed by atoms with Gasteiger partial charge in [-0.2, -0.15) is 0 Å². The van der Waals surface area contributed by atoms with Crippen molar-refractivity contribution in [2.45, 2.75) is 32.1 Å². The Morgan fingerprint density at radius 3 is 2.61 bits per heavy atom. The predicted octanol–water partition coefficient (Wildman–Crippen LogP) is 3.28. The molecule has 0 heterocycles. The average molecular weight is 303 g/mol. The number of nitrogens with one attached hydrogen (secondary N) is 1. The van der Waals surface area contributed by atoms with Crippen molar-refractivity contribution in [1.82, 2.24) is 5.32 Å². The zero-order valence-electron chi connectivity index (χ0n) is 13.3.